The van der Waals surface area contributed by atoms with E-state index in [1.807, 2.05) is 0 Å². The molecule has 0 bridgehead atoms. The Hall–Kier alpha value is -2.71. The predicted octanol–water partition coefficient (Wildman–Crippen LogP) is 2.80. The van der Waals surface area contributed by atoms with Gasteiger partial charge in [-0.05, 0) is 61.2 Å². The van der Waals surface area contributed by atoms with Gasteiger partial charge in [0, 0.05) is 19.5 Å². The summed E-state index contributed by atoms with van der Waals surface area (Å²) in [6.45, 7) is 1.13. The summed E-state index contributed by atoms with van der Waals surface area (Å²) in [4.78, 5) is 23.7. The number of benzene rings is 2. The van der Waals surface area contributed by atoms with Gasteiger partial charge in [-0.1, -0.05) is 12.1 Å². The van der Waals surface area contributed by atoms with Crippen LogP contribution in [0.3, 0.4) is 0 Å². The summed E-state index contributed by atoms with van der Waals surface area (Å²) in [5.74, 6) is -0.530. The zero-order chi connectivity index (χ0) is 20.9. The van der Waals surface area contributed by atoms with Gasteiger partial charge in [-0.3, -0.25) is 4.79 Å². The van der Waals surface area contributed by atoms with E-state index in [4.69, 9.17) is 4.74 Å². The maximum Gasteiger partial charge on any atom is 0.337 e. The number of sulfonamides is 1. The molecule has 0 unspecified atom stereocenters. The average molecular weight is 417 g/mol. The molecule has 1 saturated heterocycles. The molecule has 1 heterocycles. The van der Waals surface area contributed by atoms with E-state index in [9.17, 15) is 18.0 Å². The first-order valence-corrected chi connectivity index (χ1v) is 10.8. The Morgan fingerprint density at radius 2 is 1.59 bits per heavy atom. The average Bonchev–Trinajstić information content (AvgIpc) is 3.28. The molecule has 1 fully saturated rings. The van der Waals surface area contributed by atoms with Crippen LogP contribution in [0.2, 0.25) is 0 Å². The van der Waals surface area contributed by atoms with Crippen LogP contribution in [0.25, 0.3) is 0 Å². The van der Waals surface area contributed by atoms with Gasteiger partial charge in [0.05, 0.1) is 17.6 Å². The summed E-state index contributed by atoms with van der Waals surface area (Å²) >= 11 is 0. The Morgan fingerprint density at radius 3 is 2.17 bits per heavy atom. The second-order valence-corrected chi connectivity index (χ2v) is 8.68. The molecule has 0 saturated carbocycles. The predicted molar refractivity (Wildman–Crippen MR) is 106 cm³/mol. The number of rotatable bonds is 7. The SMILES string of the molecule is COC(=O)c1ccc(OC(=O)CCc2ccc(S(=O)(=O)N3CCCC3)cc2)cc1. The van der Waals surface area contributed by atoms with Crippen LogP contribution in [0.4, 0.5) is 0 Å². The molecule has 0 spiro atoms. The lowest BCUT2D eigenvalue weighted by molar-refractivity contribution is -0.134. The Bertz CT molecular complexity index is 961. The van der Waals surface area contributed by atoms with Crippen molar-refractivity contribution in [2.75, 3.05) is 20.2 Å². The third-order valence-electron chi connectivity index (χ3n) is 4.75. The molecule has 2 aromatic rings. The van der Waals surface area contributed by atoms with Crippen LogP contribution in [0.15, 0.2) is 53.4 Å². The van der Waals surface area contributed by atoms with Gasteiger partial charge in [-0.25, -0.2) is 13.2 Å². The van der Waals surface area contributed by atoms with Gasteiger partial charge in [0.2, 0.25) is 10.0 Å². The quantitative estimate of drug-likeness (QED) is 0.508. The highest BCUT2D eigenvalue weighted by Crippen LogP contribution is 2.21. The van der Waals surface area contributed by atoms with Crippen molar-refractivity contribution in [1.82, 2.24) is 4.31 Å². The summed E-state index contributed by atoms with van der Waals surface area (Å²) < 4.78 is 36.4. The molecular weight excluding hydrogens is 394 g/mol. The van der Waals surface area contributed by atoms with E-state index >= 15 is 0 Å². The third kappa shape index (κ3) is 5.21. The zero-order valence-corrected chi connectivity index (χ0v) is 17.0. The monoisotopic (exact) mass is 417 g/mol. The number of carbonyl (C=O) groups is 2. The van der Waals surface area contributed by atoms with Crippen LogP contribution in [0.5, 0.6) is 5.75 Å². The first kappa shape index (κ1) is 21.0. The van der Waals surface area contributed by atoms with Crippen molar-refractivity contribution in [2.45, 2.75) is 30.6 Å². The van der Waals surface area contributed by atoms with Crippen LogP contribution in [-0.4, -0.2) is 44.9 Å². The topological polar surface area (TPSA) is 90.0 Å². The summed E-state index contributed by atoms with van der Waals surface area (Å²) in [6.07, 6.45) is 2.37. The number of methoxy groups -OCH3 is 1. The lowest BCUT2D eigenvalue weighted by Crippen LogP contribution is -2.27. The Morgan fingerprint density at radius 1 is 0.966 bits per heavy atom. The van der Waals surface area contributed by atoms with Gasteiger partial charge in [-0.15, -0.1) is 0 Å². The van der Waals surface area contributed by atoms with Gasteiger partial charge < -0.3 is 9.47 Å². The van der Waals surface area contributed by atoms with E-state index in [1.54, 1.807) is 24.3 Å². The maximum atomic E-state index is 12.5. The van der Waals surface area contributed by atoms with E-state index in [0.717, 1.165) is 18.4 Å². The molecule has 0 aromatic heterocycles. The van der Waals surface area contributed by atoms with Gasteiger partial charge in [0.25, 0.3) is 0 Å². The molecule has 3 rings (SSSR count). The molecule has 8 heteroatoms. The van der Waals surface area contributed by atoms with Crippen molar-refractivity contribution in [3.8, 4) is 5.75 Å². The van der Waals surface area contributed by atoms with Gasteiger partial charge in [0.1, 0.15) is 5.75 Å². The fourth-order valence-corrected chi connectivity index (χ4v) is 4.63. The van der Waals surface area contributed by atoms with E-state index in [2.05, 4.69) is 4.74 Å². The minimum atomic E-state index is -3.43. The van der Waals surface area contributed by atoms with Crippen LogP contribution < -0.4 is 4.74 Å². The van der Waals surface area contributed by atoms with Crippen molar-refractivity contribution < 1.29 is 27.5 Å². The Balaban J connectivity index is 1.53. The largest absolute Gasteiger partial charge is 0.465 e. The first-order valence-electron chi connectivity index (χ1n) is 9.38. The highest BCUT2D eigenvalue weighted by atomic mass is 32.2. The molecule has 7 nitrogen and oxygen atoms in total. The number of aryl methyl sites for hydroxylation is 1. The van der Waals surface area contributed by atoms with E-state index < -0.39 is 22.0 Å². The van der Waals surface area contributed by atoms with Crippen LogP contribution in [0, 0.1) is 0 Å². The number of ether oxygens (including phenoxy) is 2. The van der Waals surface area contributed by atoms with Crippen molar-refractivity contribution >= 4 is 22.0 Å². The first-order chi connectivity index (χ1) is 13.9. The lowest BCUT2D eigenvalue weighted by Gasteiger charge is -2.15. The molecule has 1 aliphatic rings. The standard InChI is InChI=1S/C21H23NO6S/c1-27-21(24)17-7-9-18(10-8-17)28-20(23)13-6-16-4-11-19(12-5-16)29(25,26)22-14-2-3-15-22/h4-5,7-12H,2-3,6,13-15H2,1H3. The van der Waals surface area contributed by atoms with E-state index in [0.29, 0.717) is 30.8 Å². The molecule has 0 aliphatic carbocycles. The van der Waals surface area contributed by atoms with Crippen molar-refractivity contribution in [3.05, 3.63) is 59.7 Å². The summed E-state index contributed by atoms with van der Waals surface area (Å²) in [5.41, 5.74) is 1.22. The van der Waals surface area contributed by atoms with Crippen molar-refractivity contribution in [2.24, 2.45) is 0 Å². The fraction of sp³-hybridized carbons (Fsp3) is 0.333. The number of esters is 2. The normalized spacial score (nSPS) is 14.5. The molecule has 154 valence electrons. The highest BCUT2D eigenvalue weighted by molar-refractivity contribution is 7.89. The minimum absolute atomic E-state index is 0.150. The minimum Gasteiger partial charge on any atom is -0.465 e. The molecular formula is C21H23NO6S. The zero-order valence-electron chi connectivity index (χ0n) is 16.2. The second kappa shape index (κ2) is 9.19. The van der Waals surface area contributed by atoms with Crippen molar-refractivity contribution in [1.29, 1.82) is 0 Å². The van der Waals surface area contributed by atoms with Crippen LogP contribution in [0.1, 0.15) is 35.2 Å². The molecule has 1 aliphatic heterocycles. The highest BCUT2D eigenvalue weighted by Gasteiger charge is 2.26. The summed E-state index contributed by atoms with van der Waals surface area (Å²) in [6, 6.07) is 12.7. The number of nitrogens with zero attached hydrogens (tertiary/aromatic N) is 1. The fourth-order valence-electron chi connectivity index (χ4n) is 3.11. The van der Waals surface area contributed by atoms with Gasteiger partial charge in [-0.2, -0.15) is 4.31 Å². The van der Waals surface area contributed by atoms with Crippen LogP contribution >= 0.6 is 0 Å². The molecule has 29 heavy (non-hydrogen) atoms. The molecule has 0 N–H and O–H groups in total. The smallest absolute Gasteiger partial charge is 0.337 e. The Kier molecular flexibility index (Phi) is 6.66. The summed E-state index contributed by atoms with van der Waals surface area (Å²) in [5, 5.41) is 0. The van der Waals surface area contributed by atoms with Crippen molar-refractivity contribution in [3.63, 3.8) is 0 Å². The van der Waals surface area contributed by atoms with Crippen LogP contribution in [-0.2, 0) is 26.0 Å². The molecule has 0 radical (unpaired) electrons. The lowest BCUT2D eigenvalue weighted by atomic mass is 10.1. The van der Waals surface area contributed by atoms with Gasteiger partial charge in [0.15, 0.2) is 0 Å². The van der Waals surface area contributed by atoms with Gasteiger partial charge >= 0.3 is 11.9 Å². The molecule has 0 amide bonds. The maximum absolute atomic E-state index is 12.5. The second-order valence-electron chi connectivity index (χ2n) is 6.75. The number of hydrogen-bond donors (Lipinski definition) is 0. The van der Waals surface area contributed by atoms with E-state index in [1.165, 1.54) is 35.7 Å². The summed E-state index contributed by atoms with van der Waals surface area (Å²) in [7, 11) is -2.13. The van der Waals surface area contributed by atoms with E-state index in [-0.39, 0.29) is 11.3 Å². The third-order valence-corrected chi connectivity index (χ3v) is 6.66. The molecule has 0 atom stereocenters. The Labute approximate surface area is 170 Å². The molecule has 2 aromatic carbocycles. The number of hydrogen-bond acceptors (Lipinski definition) is 6. The number of carbonyl (C=O) groups excluding carboxylic acids is 2.